The molecule has 4 aromatic rings. The van der Waals surface area contributed by atoms with Gasteiger partial charge < -0.3 is 9.88 Å². The summed E-state index contributed by atoms with van der Waals surface area (Å²) in [5, 5.41) is 2.85. The van der Waals surface area contributed by atoms with Crippen molar-refractivity contribution in [2.45, 2.75) is 23.8 Å². The normalized spacial score (nSPS) is 13.9. The van der Waals surface area contributed by atoms with E-state index in [1.165, 1.54) is 24.3 Å². The van der Waals surface area contributed by atoms with Crippen molar-refractivity contribution in [3.05, 3.63) is 78.4 Å². The summed E-state index contributed by atoms with van der Waals surface area (Å²) in [4.78, 5) is 17.4. The minimum Gasteiger partial charge on any atom is -0.327 e. The van der Waals surface area contributed by atoms with E-state index in [-0.39, 0.29) is 16.8 Å². The Bertz CT molecular complexity index is 1400. The van der Waals surface area contributed by atoms with Gasteiger partial charge in [-0.25, -0.2) is 18.1 Å². The number of para-hydroxylation sites is 2. The fourth-order valence-corrected chi connectivity index (χ4v) is 4.89. The summed E-state index contributed by atoms with van der Waals surface area (Å²) in [6.07, 6.45) is 1.74. The van der Waals surface area contributed by atoms with Gasteiger partial charge in [0.25, 0.3) is 5.91 Å². The van der Waals surface area contributed by atoms with Crippen LogP contribution in [0, 0.1) is 0 Å². The zero-order chi connectivity index (χ0) is 22.3. The molecule has 1 aromatic heterocycles. The number of carbonyl (C=O) groups excluding carboxylic acids is 1. The van der Waals surface area contributed by atoms with Crippen LogP contribution < -0.4 is 10.0 Å². The second-order valence-electron chi connectivity index (χ2n) is 7.93. The number of hydrogen-bond donors (Lipinski definition) is 2. The molecule has 1 heterocycles. The summed E-state index contributed by atoms with van der Waals surface area (Å²) in [7, 11) is -1.56. The van der Waals surface area contributed by atoms with Gasteiger partial charge in [0, 0.05) is 29.9 Å². The van der Waals surface area contributed by atoms with Crippen molar-refractivity contribution in [2.24, 2.45) is 7.05 Å². The Morgan fingerprint density at radius 2 is 1.66 bits per heavy atom. The van der Waals surface area contributed by atoms with Gasteiger partial charge in [0.15, 0.2) is 0 Å². The summed E-state index contributed by atoms with van der Waals surface area (Å²) >= 11 is 0. The summed E-state index contributed by atoms with van der Waals surface area (Å²) in [6.45, 7) is 0. The van der Waals surface area contributed by atoms with Crippen LogP contribution in [0.2, 0.25) is 0 Å². The van der Waals surface area contributed by atoms with Crippen molar-refractivity contribution in [3.8, 4) is 11.4 Å². The van der Waals surface area contributed by atoms with E-state index in [0.717, 1.165) is 35.3 Å². The smallest absolute Gasteiger partial charge is 0.255 e. The Labute approximate surface area is 186 Å². The molecule has 0 unspecified atom stereocenters. The van der Waals surface area contributed by atoms with Gasteiger partial charge in [0.2, 0.25) is 10.0 Å². The Kier molecular flexibility index (Phi) is 5.03. The molecule has 0 radical (unpaired) electrons. The first-order valence-corrected chi connectivity index (χ1v) is 11.8. The highest BCUT2D eigenvalue weighted by atomic mass is 32.2. The molecule has 1 aliphatic rings. The molecule has 0 aliphatic heterocycles. The number of fused-ring (bicyclic) bond motifs is 1. The van der Waals surface area contributed by atoms with Crippen LogP contribution in [0.4, 0.5) is 5.69 Å². The Morgan fingerprint density at radius 1 is 0.969 bits per heavy atom. The lowest BCUT2D eigenvalue weighted by Gasteiger charge is -2.09. The molecule has 1 saturated carbocycles. The van der Waals surface area contributed by atoms with Crippen LogP contribution in [0.3, 0.4) is 0 Å². The second kappa shape index (κ2) is 7.89. The summed E-state index contributed by atoms with van der Waals surface area (Å²) < 4.78 is 29.2. The molecular formula is C24H22N4O3S. The van der Waals surface area contributed by atoms with Crippen molar-refractivity contribution in [2.75, 3.05) is 5.32 Å². The Balaban J connectivity index is 1.30. The summed E-state index contributed by atoms with van der Waals surface area (Å²) in [5.41, 5.74) is 3.96. The maximum atomic E-state index is 12.6. The molecule has 3 aromatic carbocycles. The molecule has 32 heavy (non-hydrogen) atoms. The SMILES string of the molecule is Cn1c(-c2ccc(NC(=O)c3ccc(S(=O)(=O)NC4CC4)cc3)cc2)nc2ccccc21. The molecule has 1 fully saturated rings. The van der Waals surface area contributed by atoms with Crippen molar-refractivity contribution in [1.82, 2.24) is 14.3 Å². The molecule has 2 N–H and O–H groups in total. The van der Waals surface area contributed by atoms with Gasteiger partial charge in [-0.1, -0.05) is 12.1 Å². The van der Waals surface area contributed by atoms with E-state index in [9.17, 15) is 13.2 Å². The fraction of sp³-hybridized carbons (Fsp3) is 0.167. The third-order valence-electron chi connectivity index (χ3n) is 5.51. The fourth-order valence-electron chi connectivity index (χ4n) is 3.58. The molecule has 0 bridgehead atoms. The van der Waals surface area contributed by atoms with E-state index in [1.807, 2.05) is 60.1 Å². The average Bonchev–Trinajstić information content (AvgIpc) is 3.54. The number of nitrogens with zero attached hydrogens (tertiary/aromatic N) is 2. The van der Waals surface area contributed by atoms with Gasteiger partial charge in [-0.3, -0.25) is 4.79 Å². The summed E-state index contributed by atoms with van der Waals surface area (Å²) in [6, 6.07) is 21.4. The van der Waals surface area contributed by atoms with Gasteiger partial charge in [-0.15, -0.1) is 0 Å². The number of anilines is 1. The number of aryl methyl sites for hydroxylation is 1. The highest BCUT2D eigenvalue weighted by molar-refractivity contribution is 7.89. The number of amides is 1. The van der Waals surface area contributed by atoms with Gasteiger partial charge in [0.1, 0.15) is 5.82 Å². The number of nitrogens with one attached hydrogen (secondary N) is 2. The third kappa shape index (κ3) is 4.02. The first-order chi connectivity index (χ1) is 15.4. The van der Waals surface area contributed by atoms with E-state index in [4.69, 9.17) is 4.98 Å². The molecule has 0 saturated heterocycles. The first-order valence-electron chi connectivity index (χ1n) is 10.4. The number of carbonyl (C=O) groups is 1. The first kappa shape index (κ1) is 20.4. The monoisotopic (exact) mass is 446 g/mol. The van der Waals surface area contributed by atoms with E-state index in [2.05, 4.69) is 10.0 Å². The zero-order valence-electron chi connectivity index (χ0n) is 17.4. The number of hydrogen-bond acceptors (Lipinski definition) is 4. The topological polar surface area (TPSA) is 93.1 Å². The van der Waals surface area contributed by atoms with Crippen LogP contribution in [-0.4, -0.2) is 29.9 Å². The molecule has 8 heteroatoms. The maximum absolute atomic E-state index is 12.6. The molecule has 1 aliphatic carbocycles. The van der Waals surface area contributed by atoms with E-state index >= 15 is 0 Å². The van der Waals surface area contributed by atoms with Crippen LogP contribution in [-0.2, 0) is 17.1 Å². The molecule has 1 amide bonds. The molecule has 7 nitrogen and oxygen atoms in total. The molecule has 162 valence electrons. The van der Waals surface area contributed by atoms with Crippen LogP contribution in [0.25, 0.3) is 22.4 Å². The highest BCUT2D eigenvalue weighted by Crippen LogP contribution is 2.25. The third-order valence-corrected chi connectivity index (χ3v) is 7.05. The number of aromatic nitrogens is 2. The molecular weight excluding hydrogens is 424 g/mol. The second-order valence-corrected chi connectivity index (χ2v) is 9.65. The van der Waals surface area contributed by atoms with Crippen molar-refractivity contribution in [3.63, 3.8) is 0 Å². The predicted octanol–water partition coefficient (Wildman–Crippen LogP) is 3.93. The lowest BCUT2D eigenvalue weighted by molar-refractivity contribution is 0.102. The highest BCUT2D eigenvalue weighted by Gasteiger charge is 2.28. The van der Waals surface area contributed by atoms with Gasteiger partial charge in [0.05, 0.1) is 15.9 Å². The molecule has 0 atom stereocenters. The van der Waals surface area contributed by atoms with Crippen LogP contribution in [0.1, 0.15) is 23.2 Å². The quantitative estimate of drug-likeness (QED) is 0.469. The zero-order valence-corrected chi connectivity index (χ0v) is 18.3. The van der Waals surface area contributed by atoms with Crippen molar-refractivity contribution in [1.29, 1.82) is 0 Å². The maximum Gasteiger partial charge on any atom is 0.255 e. The van der Waals surface area contributed by atoms with Crippen molar-refractivity contribution >= 4 is 32.7 Å². The van der Waals surface area contributed by atoms with E-state index in [0.29, 0.717) is 11.3 Å². The number of imidazole rings is 1. The van der Waals surface area contributed by atoms with Crippen LogP contribution in [0.15, 0.2) is 77.7 Å². The van der Waals surface area contributed by atoms with Crippen LogP contribution in [0.5, 0.6) is 0 Å². The lowest BCUT2D eigenvalue weighted by Crippen LogP contribution is -2.25. The number of rotatable bonds is 6. The van der Waals surface area contributed by atoms with E-state index < -0.39 is 10.0 Å². The van der Waals surface area contributed by atoms with Crippen molar-refractivity contribution < 1.29 is 13.2 Å². The van der Waals surface area contributed by atoms with Gasteiger partial charge >= 0.3 is 0 Å². The predicted molar refractivity (Wildman–Crippen MR) is 124 cm³/mol. The van der Waals surface area contributed by atoms with Gasteiger partial charge in [-0.2, -0.15) is 0 Å². The largest absolute Gasteiger partial charge is 0.327 e. The van der Waals surface area contributed by atoms with E-state index in [1.54, 1.807) is 0 Å². The average molecular weight is 447 g/mol. The Morgan fingerprint density at radius 3 is 2.31 bits per heavy atom. The standard InChI is InChI=1S/C24H22N4O3S/c1-28-22-5-3-2-4-21(22)26-23(28)16-6-10-18(11-7-16)25-24(29)17-8-14-20(15-9-17)32(30,31)27-19-12-13-19/h2-11,14-15,19,27H,12-13H2,1H3,(H,25,29). The Hall–Kier alpha value is -3.49. The summed E-state index contributed by atoms with van der Waals surface area (Å²) in [5.74, 6) is 0.542. The minimum atomic E-state index is -3.53. The molecule has 5 rings (SSSR count). The van der Waals surface area contributed by atoms with Gasteiger partial charge in [-0.05, 0) is 73.5 Å². The number of benzene rings is 3. The molecule has 0 spiro atoms. The number of sulfonamides is 1. The minimum absolute atomic E-state index is 0.0371. The lowest BCUT2D eigenvalue weighted by atomic mass is 10.1. The van der Waals surface area contributed by atoms with Crippen LogP contribution >= 0.6 is 0 Å².